The van der Waals surface area contributed by atoms with Crippen LogP contribution in [0.15, 0.2) is 0 Å². The maximum absolute atomic E-state index is 4.39. The van der Waals surface area contributed by atoms with E-state index < -0.39 is 0 Å². The summed E-state index contributed by atoms with van der Waals surface area (Å²) in [5.41, 5.74) is 0. The lowest BCUT2D eigenvalue weighted by Crippen LogP contribution is -2.13. The Bertz CT molecular complexity index is 338. The number of nitrogens with one attached hydrogen (secondary N) is 1. The summed E-state index contributed by atoms with van der Waals surface area (Å²) in [6, 6.07) is 0. The largest absolute Gasteiger partial charge is 0.316 e. The van der Waals surface area contributed by atoms with E-state index in [4.69, 9.17) is 0 Å². The number of hydrogen-bond donors (Lipinski definition) is 1. The number of fused-ring (bicyclic) bond motifs is 1. The van der Waals surface area contributed by atoms with Crippen molar-refractivity contribution in [3.05, 3.63) is 11.6 Å². The predicted octanol–water partition coefficient (Wildman–Crippen LogP) is 1.08. The van der Waals surface area contributed by atoms with Crippen molar-refractivity contribution in [3.8, 4) is 0 Å². The molecule has 0 spiro atoms. The van der Waals surface area contributed by atoms with Crippen molar-refractivity contribution >= 4 is 0 Å². The second-order valence-electron chi connectivity index (χ2n) is 4.63. The van der Waals surface area contributed by atoms with Crippen LogP contribution >= 0.6 is 0 Å². The van der Waals surface area contributed by atoms with Gasteiger partial charge in [0.05, 0.1) is 0 Å². The highest BCUT2D eigenvalue weighted by molar-refractivity contribution is 5.06. The molecule has 3 rings (SSSR count). The second-order valence-corrected chi connectivity index (χ2v) is 4.63. The van der Waals surface area contributed by atoms with Gasteiger partial charge in [-0.15, -0.1) is 10.2 Å². The van der Waals surface area contributed by atoms with Gasteiger partial charge in [0.25, 0.3) is 0 Å². The van der Waals surface area contributed by atoms with Crippen LogP contribution in [0.4, 0.5) is 0 Å². The third kappa shape index (κ3) is 1.67. The van der Waals surface area contributed by atoms with Crippen LogP contribution in [-0.4, -0.2) is 27.9 Å². The molecule has 0 radical (unpaired) electrons. The molecule has 0 saturated carbocycles. The summed E-state index contributed by atoms with van der Waals surface area (Å²) in [7, 11) is 0. The molecule has 3 heterocycles. The third-order valence-corrected chi connectivity index (χ3v) is 3.56. The van der Waals surface area contributed by atoms with E-state index in [2.05, 4.69) is 20.1 Å². The summed E-state index contributed by atoms with van der Waals surface area (Å²) in [6.07, 6.45) is 6.25. The van der Waals surface area contributed by atoms with E-state index >= 15 is 0 Å². The molecule has 4 nitrogen and oxygen atoms in total. The van der Waals surface area contributed by atoms with Crippen molar-refractivity contribution in [1.29, 1.82) is 0 Å². The zero-order chi connectivity index (χ0) is 10.1. The Morgan fingerprint density at radius 1 is 1.20 bits per heavy atom. The van der Waals surface area contributed by atoms with Crippen molar-refractivity contribution in [2.24, 2.45) is 0 Å². The lowest BCUT2D eigenvalue weighted by atomic mass is 10.1. The fraction of sp³-hybridized carbons (Fsp3) is 0.818. The van der Waals surface area contributed by atoms with Gasteiger partial charge in [-0.1, -0.05) is 6.42 Å². The Labute approximate surface area is 90.1 Å². The van der Waals surface area contributed by atoms with E-state index in [1.165, 1.54) is 37.3 Å². The van der Waals surface area contributed by atoms with Crippen LogP contribution < -0.4 is 5.32 Å². The molecule has 82 valence electrons. The van der Waals surface area contributed by atoms with Crippen molar-refractivity contribution in [3.63, 3.8) is 0 Å². The lowest BCUT2D eigenvalue weighted by Gasteiger charge is -2.10. The van der Waals surface area contributed by atoms with E-state index in [1.807, 2.05) is 0 Å². The van der Waals surface area contributed by atoms with Gasteiger partial charge in [-0.3, -0.25) is 0 Å². The molecule has 0 bridgehead atoms. The molecule has 0 aromatic carbocycles. The Morgan fingerprint density at radius 2 is 2.20 bits per heavy atom. The van der Waals surface area contributed by atoms with E-state index in [-0.39, 0.29) is 0 Å². The molecule has 1 aromatic rings. The minimum Gasteiger partial charge on any atom is -0.316 e. The monoisotopic (exact) mass is 206 g/mol. The minimum atomic E-state index is 0.601. The van der Waals surface area contributed by atoms with Gasteiger partial charge in [0.15, 0.2) is 0 Å². The average molecular weight is 206 g/mol. The molecule has 1 saturated heterocycles. The van der Waals surface area contributed by atoms with Crippen LogP contribution in [0.1, 0.15) is 43.3 Å². The first-order valence-electron chi connectivity index (χ1n) is 6.08. The van der Waals surface area contributed by atoms with Crippen LogP contribution in [0.25, 0.3) is 0 Å². The molecule has 1 N–H and O–H groups in total. The second kappa shape index (κ2) is 3.93. The molecule has 1 fully saturated rings. The number of hydrogen-bond acceptors (Lipinski definition) is 3. The number of aromatic nitrogens is 3. The molecular formula is C11H18N4. The molecule has 1 atom stereocenters. The highest BCUT2D eigenvalue weighted by Gasteiger charge is 2.24. The van der Waals surface area contributed by atoms with Crippen molar-refractivity contribution in [1.82, 2.24) is 20.1 Å². The normalized spacial score (nSPS) is 26.3. The highest BCUT2D eigenvalue weighted by Crippen LogP contribution is 2.23. The van der Waals surface area contributed by atoms with Gasteiger partial charge in [-0.2, -0.15) is 0 Å². The highest BCUT2D eigenvalue weighted by atomic mass is 15.3. The standard InChI is InChI=1S/C11H18N4/c1-2-4-10-13-14-11(15(10)7-3-1)9-5-6-12-8-9/h9,12H,1-8H2. The Balaban J connectivity index is 1.91. The third-order valence-electron chi connectivity index (χ3n) is 3.56. The van der Waals surface area contributed by atoms with Crippen LogP contribution in [0.3, 0.4) is 0 Å². The van der Waals surface area contributed by atoms with Crippen LogP contribution in [-0.2, 0) is 13.0 Å². The van der Waals surface area contributed by atoms with E-state index in [9.17, 15) is 0 Å². The molecule has 1 unspecified atom stereocenters. The number of nitrogens with zero attached hydrogens (tertiary/aromatic N) is 3. The van der Waals surface area contributed by atoms with Gasteiger partial charge in [0.2, 0.25) is 0 Å². The Hall–Kier alpha value is -0.900. The molecule has 15 heavy (non-hydrogen) atoms. The smallest absolute Gasteiger partial charge is 0.137 e. The van der Waals surface area contributed by atoms with Crippen LogP contribution in [0.5, 0.6) is 0 Å². The zero-order valence-electron chi connectivity index (χ0n) is 9.08. The van der Waals surface area contributed by atoms with Crippen LogP contribution in [0.2, 0.25) is 0 Å². The summed E-state index contributed by atoms with van der Waals surface area (Å²) in [4.78, 5) is 0. The van der Waals surface area contributed by atoms with Gasteiger partial charge in [0.1, 0.15) is 11.6 Å². The summed E-state index contributed by atoms with van der Waals surface area (Å²) in [5.74, 6) is 3.05. The van der Waals surface area contributed by atoms with E-state index in [0.29, 0.717) is 5.92 Å². The quantitative estimate of drug-likeness (QED) is 0.747. The molecular weight excluding hydrogens is 188 g/mol. The SMILES string of the molecule is C1CCc2nnc(C3CCNC3)n2CC1. The predicted molar refractivity (Wildman–Crippen MR) is 57.8 cm³/mol. The number of aryl methyl sites for hydroxylation is 1. The lowest BCUT2D eigenvalue weighted by molar-refractivity contribution is 0.571. The first kappa shape index (κ1) is 9.33. The summed E-state index contributed by atoms with van der Waals surface area (Å²) < 4.78 is 2.38. The maximum atomic E-state index is 4.39. The van der Waals surface area contributed by atoms with E-state index in [0.717, 1.165) is 26.1 Å². The molecule has 1 aromatic heterocycles. The minimum absolute atomic E-state index is 0.601. The topological polar surface area (TPSA) is 42.7 Å². The summed E-state index contributed by atoms with van der Waals surface area (Å²) in [5, 5.41) is 12.1. The summed E-state index contributed by atoms with van der Waals surface area (Å²) >= 11 is 0. The van der Waals surface area contributed by atoms with Gasteiger partial charge in [-0.05, 0) is 25.8 Å². The van der Waals surface area contributed by atoms with Gasteiger partial charge < -0.3 is 9.88 Å². The van der Waals surface area contributed by atoms with E-state index in [1.54, 1.807) is 0 Å². The van der Waals surface area contributed by atoms with Gasteiger partial charge >= 0.3 is 0 Å². The summed E-state index contributed by atoms with van der Waals surface area (Å²) in [6.45, 7) is 3.35. The van der Waals surface area contributed by atoms with Crippen molar-refractivity contribution in [2.75, 3.05) is 13.1 Å². The van der Waals surface area contributed by atoms with Crippen molar-refractivity contribution in [2.45, 2.75) is 44.6 Å². The molecule has 2 aliphatic heterocycles. The molecule has 2 aliphatic rings. The van der Waals surface area contributed by atoms with Gasteiger partial charge in [-0.25, -0.2) is 0 Å². The fourth-order valence-electron chi connectivity index (χ4n) is 2.68. The van der Waals surface area contributed by atoms with Crippen molar-refractivity contribution < 1.29 is 0 Å². The molecule has 0 aliphatic carbocycles. The molecule has 0 amide bonds. The molecule has 4 heteroatoms. The van der Waals surface area contributed by atoms with Gasteiger partial charge in [0, 0.05) is 25.4 Å². The average Bonchev–Trinajstić information content (AvgIpc) is 2.83. The Kier molecular flexibility index (Phi) is 2.44. The maximum Gasteiger partial charge on any atom is 0.137 e. The van der Waals surface area contributed by atoms with Crippen LogP contribution in [0, 0.1) is 0 Å². The Morgan fingerprint density at radius 3 is 3.07 bits per heavy atom. The first-order chi connectivity index (χ1) is 7.45. The fourth-order valence-corrected chi connectivity index (χ4v) is 2.68. The zero-order valence-corrected chi connectivity index (χ0v) is 9.08. The number of rotatable bonds is 1. The first-order valence-corrected chi connectivity index (χ1v) is 6.08.